The molecule has 0 spiro atoms. The highest BCUT2D eigenvalue weighted by atomic mass is 16.5. The van der Waals surface area contributed by atoms with Crippen LogP contribution in [0, 0.1) is 0 Å². The Balaban J connectivity index is 2.20. The molecule has 1 saturated heterocycles. The van der Waals surface area contributed by atoms with Gasteiger partial charge in [0.2, 0.25) is 5.95 Å². The summed E-state index contributed by atoms with van der Waals surface area (Å²) in [7, 11) is 2.86. The number of aromatic nitrogens is 4. The van der Waals surface area contributed by atoms with Crippen LogP contribution in [0.5, 0.6) is 0 Å². The number of nitrogens with zero attached hydrogens (tertiary/aromatic N) is 5. The first-order chi connectivity index (χ1) is 14.7. The van der Waals surface area contributed by atoms with E-state index >= 15 is 0 Å². The molecule has 1 aliphatic rings. The number of hydrogen-bond donors (Lipinski definition) is 1. The number of fused-ring (bicyclic) bond motifs is 1. The molecule has 0 radical (unpaired) electrons. The molecule has 2 N–H and O–H groups in total. The van der Waals surface area contributed by atoms with Crippen LogP contribution in [0.4, 0.5) is 5.95 Å². The molecule has 3 rings (SSSR count). The predicted octanol–water partition coefficient (Wildman–Crippen LogP) is 0.520. The van der Waals surface area contributed by atoms with Crippen molar-refractivity contribution in [2.75, 3.05) is 25.1 Å². The summed E-state index contributed by atoms with van der Waals surface area (Å²) >= 11 is 0. The normalized spacial score (nSPS) is 16.8. The van der Waals surface area contributed by atoms with E-state index in [1.807, 2.05) is 24.5 Å². The van der Waals surface area contributed by atoms with Crippen molar-refractivity contribution in [1.82, 2.24) is 18.7 Å². The molecule has 168 valence electrons. The lowest BCUT2D eigenvalue weighted by Gasteiger charge is -2.31. The van der Waals surface area contributed by atoms with Crippen LogP contribution in [0.15, 0.2) is 33.4 Å². The maximum Gasteiger partial charge on any atom is 0.332 e. The van der Waals surface area contributed by atoms with Crippen LogP contribution in [0.3, 0.4) is 0 Å². The fraction of sp³-hybridized carbons (Fsp3) is 0.524. The number of allylic oxidation sites excluding steroid dienone is 3. The van der Waals surface area contributed by atoms with Crippen molar-refractivity contribution in [2.24, 2.45) is 12.8 Å². The van der Waals surface area contributed by atoms with Gasteiger partial charge in [0.05, 0.1) is 7.11 Å². The van der Waals surface area contributed by atoms with Gasteiger partial charge in [0.25, 0.3) is 5.56 Å². The van der Waals surface area contributed by atoms with Crippen molar-refractivity contribution < 1.29 is 9.53 Å². The van der Waals surface area contributed by atoms with E-state index in [0.29, 0.717) is 30.2 Å². The van der Waals surface area contributed by atoms with E-state index < -0.39 is 17.2 Å². The van der Waals surface area contributed by atoms with Gasteiger partial charge in [-0.15, -0.1) is 0 Å². The number of ether oxygens (including phenoxy) is 1. The minimum Gasteiger partial charge on any atom is -0.466 e. The summed E-state index contributed by atoms with van der Waals surface area (Å²) in [5, 5.41) is 0. The third-order valence-electron chi connectivity index (χ3n) is 5.38. The molecule has 3 heterocycles. The van der Waals surface area contributed by atoms with Crippen molar-refractivity contribution in [3.8, 4) is 0 Å². The highest BCUT2D eigenvalue weighted by Gasteiger charge is 2.25. The number of piperidine rings is 1. The smallest absolute Gasteiger partial charge is 0.332 e. The van der Waals surface area contributed by atoms with Crippen LogP contribution >= 0.6 is 0 Å². The molecule has 1 aliphatic heterocycles. The SMILES string of the molecule is COC(=O)/C=C/Cn1c(=O)c2c(nc(N3CCCC(N)C3)n2CC=C(C)C)n(C)c1=O. The fourth-order valence-corrected chi connectivity index (χ4v) is 3.72. The average Bonchev–Trinajstić information content (AvgIpc) is 3.12. The number of aryl methyl sites for hydroxylation is 1. The molecule has 0 aromatic carbocycles. The lowest BCUT2D eigenvalue weighted by Crippen LogP contribution is -2.44. The van der Waals surface area contributed by atoms with Gasteiger partial charge in [-0.25, -0.2) is 9.59 Å². The van der Waals surface area contributed by atoms with Gasteiger partial charge < -0.3 is 19.9 Å². The Hall–Kier alpha value is -3.14. The van der Waals surface area contributed by atoms with Crippen LogP contribution in [-0.2, 0) is 29.7 Å². The summed E-state index contributed by atoms with van der Waals surface area (Å²) in [5.41, 5.74) is 7.01. The Morgan fingerprint density at radius 1 is 1.26 bits per heavy atom. The predicted molar refractivity (Wildman–Crippen MR) is 119 cm³/mol. The first-order valence-corrected chi connectivity index (χ1v) is 10.3. The molecule has 1 atom stereocenters. The molecule has 0 amide bonds. The third-order valence-corrected chi connectivity index (χ3v) is 5.38. The molecular weight excluding hydrogens is 400 g/mol. The van der Waals surface area contributed by atoms with Gasteiger partial charge in [0.1, 0.15) is 0 Å². The van der Waals surface area contributed by atoms with Crippen molar-refractivity contribution in [3.63, 3.8) is 0 Å². The van der Waals surface area contributed by atoms with Gasteiger partial charge in [-0.2, -0.15) is 4.98 Å². The second-order valence-corrected chi connectivity index (χ2v) is 8.01. The van der Waals surface area contributed by atoms with Gasteiger partial charge >= 0.3 is 11.7 Å². The molecule has 2 aromatic heterocycles. The number of carbonyl (C=O) groups excluding carboxylic acids is 1. The Morgan fingerprint density at radius 2 is 2.00 bits per heavy atom. The number of nitrogens with two attached hydrogens (primary N) is 1. The lowest BCUT2D eigenvalue weighted by molar-refractivity contribution is -0.134. The second-order valence-electron chi connectivity index (χ2n) is 8.01. The monoisotopic (exact) mass is 430 g/mol. The molecule has 31 heavy (non-hydrogen) atoms. The van der Waals surface area contributed by atoms with E-state index in [2.05, 4.69) is 9.64 Å². The molecule has 1 fully saturated rings. The van der Waals surface area contributed by atoms with Crippen LogP contribution in [0.2, 0.25) is 0 Å². The quantitative estimate of drug-likeness (QED) is 0.403. The molecule has 0 saturated carbocycles. The number of carbonyl (C=O) groups is 1. The Labute approximate surface area is 180 Å². The zero-order valence-electron chi connectivity index (χ0n) is 18.5. The summed E-state index contributed by atoms with van der Waals surface area (Å²) in [6, 6.07) is 0.0365. The zero-order chi connectivity index (χ0) is 22.7. The number of hydrogen-bond acceptors (Lipinski definition) is 7. The summed E-state index contributed by atoms with van der Waals surface area (Å²) in [5.74, 6) is 0.0841. The lowest BCUT2D eigenvalue weighted by atomic mass is 10.1. The fourth-order valence-electron chi connectivity index (χ4n) is 3.72. The number of rotatable bonds is 6. The van der Waals surface area contributed by atoms with Gasteiger partial charge in [-0.05, 0) is 26.7 Å². The van der Waals surface area contributed by atoms with Gasteiger partial charge in [0.15, 0.2) is 11.2 Å². The van der Waals surface area contributed by atoms with Crippen LogP contribution in [0.25, 0.3) is 11.2 Å². The van der Waals surface area contributed by atoms with Crippen molar-refractivity contribution in [2.45, 2.75) is 45.8 Å². The van der Waals surface area contributed by atoms with E-state index in [-0.39, 0.29) is 12.6 Å². The summed E-state index contributed by atoms with van der Waals surface area (Å²) < 4.78 is 8.87. The highest BCUT2D eigenvalue weighted by molar-refractivity contribution is 5.81. The highest BCUT2D eigenvalue weighted by Crippen LogP contribution is 2.23. The average molecular weight is 431 g/mol. The number of imidazole rings is 1. The minimum absolute atomic E-state index is 0.0365. The van der Waals surface area contributed by atoms with Crippen molar-refractivity contribution >= 4 is 23.1 Å². The van der Waals surface area contributed by atoms with Crippen molar-refractivity contribution in [3.05, 3.63) is 44.6 Å². The second kappa shape index (κ2) is 9.34. The molecule has 2 aromatic rings. The van der Waals surface area contributed by atoms with E-state index in [1.165, 1.54) is 23.8 Å². The molecule has 0 aliphatic carbocycles. The van der Waals surface area contributed by atoms with E-state index in [0.717, 1.165) is 29.5 Å². The van der Waals surface area contributed by atoms with E-state index in [4.69, 9.17) is 10.7 Å². The van der Waals surface area contributed by atoms with E-state index in [1.54, 1.807) is 7.05 Å². The maximum absolute atomic E-state index is 13.3. The van der Waals surface area contributed by atoms with Gasteiger partial charge in [0, 0.05) is 45.3 Å². The maximum atomic E-state index is 13.3. The molecule has 10 nitrogen and oxygen atoms in total. The molecule has 0 bridgehead atoms. The molecular formula is C21H30N6O4. The van der Waals surface area contributed by atoms with Gasteiger partial charge in [-0.3, -0.25) is 13.9 Å². The largest absolute Gasteiger partial charge is 0.466 e. The first kappa shape index (κ1) is 22.5. The number of esters is 1. The Kier molecular flexibility index (Phi) is 6.79. The summed E-state index contributed by atoms with van der Waals surface area (Å²) in [4.78, 5) is 44.3. The van der Waals surface area contributed by atoms with Gasteiger partial charge in [-0.1, -0.05) is 17.7 Å². The van der Waals surface area contributed by atoms with E-state index in [9.17, 15) is 14.4 Å². The third kappa shape index (κ3) is 4.63. The van der Waals surface area contributed by atoms with Crippen LogP contribution in [-0.4, -0.2) is 50.9 Å². The van der Waals surface area contributed by atoms with Crippen molar-refractivity contribution in [1.29, 1.82) is 0 Å². The Bertz CT molecular complexity index is 1150. The summed E-state index contributed by atoms with van der Waals surface area (Å²) in [6.07, 6.45) is 6.52. The topological polar surface area (TPSA) is 117 Å². The Morgan fingerprint density at radius 3 is 2.65 bits per heavy atom. The standard InChI is InChI=1S/C21H30N6O4/c1-14(2)9-12-26-17-18(23-20(26)25-10-5-7-15(22)13-25)24(3)21(30)27(19(17)29)11-6-8-16(28)31-4/h6,8-9,15H,5,7,10-13,22H2,1-4H3/b8-6+. The minimum atomic E-state index is -0.553. The molecule has 1 unspecified atom stereocenters. The summed E-state index contributed by atoms with van der Waals surface area (Å²) in [6.45, 7) is 5.81. The number of anilines is 1. The first-order valence-electron chi connectivity index (χ1n) is 10.3. The zero-order valence-corrected chi connectivity index (χ0v) is 18.5. The molecule has 10 heteroatoms. The van der Waals surface area contributed by atoms with Crippen LogP contribution < -0.4 is 21.9 Å². The number of methoxy groups -OCH3 is 1. The van der Waals surface area contributed by atoms with Crippen LogP contribution in [0.1, 0.15) is 26.7 Å².